The molecule has 5 nitrogen and oxygen atoms in total. The predicted molar refractivity (Wildman–Crippen MR) is 143 cm³/mol. The highest BCUT2D eigenvalue weighted by Crippen LogP contribution is 2.38. The van der Waals surface area contributed by atoms with E-state index in [1.54, 1.807) is 0 Å². The standard InChI is InChI=1S/C30H33ClN2O3/c1-30(2,34)22-9-12-29-27(17-22)25(26-5-3-14-32-28(26)20-36-29)6-4-15-33-16-13-24(18-33)35-19-21-7-10-23(31)11-8-21/h3,5-12,14,17,24,34H,4,13,15-16,18-20H2,1-2H3. The maximum atomic E-state index is 10.6. The minimum absolute atomic E-state index is 0.250. The molecule has 5 rings (SSSR count). The molecule has 0 saturated carbocycles. The Kier molecular flexibility index (Phi) is 7.44. The Morgan fingerprint density at radius 1 is 1.17 bits per heavy atom. The molecule has 2 aliphatic rings. The van der Waals surface area contributed by atoms with Gasteiger partial charge in [0.15, 0.2) is 0 Å². The molecule has 2 aromatic carbocycles. The monoisotopic (exact) mass is 504 g/mol. The zero-order valence-corrected chi connectivity index (χ0v) is 21.7. The summed E-state index contributed by atoms with van der Waals surface area (Å²) in [5.74, 6) is 0.823. The molecule has 1 N–H and O–H groups in total. The van der Waals surface area contributed by atoms with Gasteiger partial charge in [-0.1, -0.05) is 41.9 Å². The van der Waals surface area contributed by atoms with Crippen LogP contribution in [-0.4, -0.2) is 40.7 Å². The van der Waals surface area contributed by atoms with E-state index in [1.165, 1.54) is 0 Å². The van der Waals surface area contributed by atoms with Gasteiger partial charge < -0.3 is 19.5 Å². The first kappa shape index (κ1) is 25.0. The number of likely N-dealkylation sites (tertiary alicyclic amines) is 1. The third kappa shape index (κ3) is 5.81. The molecule has 0 spiro atoms. The molecule has 3 aromatic rings. The Labute approximate surface area is 218 Å². The van der Waals surface area contributed by atoms with Gasteiger partial charge in [0, 0.05) is 42.0 Å². The molecule has 1 atom stereocenters. The number of halogens is 1. The maximum absolute atomic E-state index is 10.6. The molecule has 3 heterocycles. The van der Waals surface area contributed by atoms with Gasteiger partial charge in [-0.25, -0.2) is 0 Å². The average molecular weight is 505 g/mol. The Morgan fingerprint density at radius 3 is 2.81 bits per heavy atom. The maximum Gasteiger partial charge on any atom is 0.131 e. The number of fused-ring (bicyclic) bond motifs is 2. The topological polar surface area (TPSA) is 54.8 Å². The van der Waals surface area contributed by atoms with Crippen molar-refractivity contribution in [1.29, 1.82) is 0 Å². The third-order valence-electron chi connectivity index (χ3n) is 6.94. The summed E-state index contributed by atoms with van der Waals surface area (Å²) in [5, 5.41) is 11.4. The molecule has 0 radical (unpaired) electrons. The van der Waals surface area contributed by atoms with Crippen molar-refractivity contribution in [2.24, 2.45) is 0 Å². The summed E-state index contributed by atoms with van der Waals surface area (Å²) in [5.41, 5.74) is 5.23. The molecule has 2 aliphatic heterocycles. The number of hydrogen-bond acceptors (Lipinski definition) is 5. The second-order valence-electron chi connectivity index (χ2n) is 10.1. The number of pyridine rings is 1. The fourth-order valence-electron chi connectivity index (χ4n) is 4.88. The zero-order chi connectivity index (χ0) is 25.1. The molecule has 188 valence electrons. The van der Waals surface area contributed by atoms with E-state index in [-0.39, 0.29) is 6.10 Å². The number of benzene rings is 2. The quantitative estimate of drug-likeness (QED) is 0.429. The van der Waals surface area contributed by atoms with Gasteiger partial charge in [0.25, 0.3) is 0 Å². The van der Waals surface area contributed by atoms with Crippen LogP contribution in [0.3, 0.4) is 0 Å². The fraction of sp³-hybridized carbons (Fsp3) is 0.367. The number of rotatable bonds is 7. The lowest BCUT2D eigenvalue weighted by Gasteiger charge is -2.20. The number of aromatic nitrogens is 1. The van der Waals surface area contributed by atoms with Gasteiger partial charge in [-0.2, -0.15) is 0 Å². The first-order valence-electron chi connectivity index (χ1n) is 12.6. The van der Waals surface area contributed by atoms with Crippen LogP contribution in [0.4, 0.5) is 0 Å². The van der Waals surface area contributed by atoms with E-state index in [9.17, 15) is 5.11 Å². The van der Waals surface area contributed by atoms with Gasteiger partial charge in [-0.3, -0.25) is 4.98 Å². The lowest BCUT2D eigenvalue weighted by atomic mass is 9.90. The van der Waals surface area contributed by atoms with Crippen molar-refractivity contribution < 1.29 is 14.6 Å². The van der Waals surface area contributed by atoms with Crippen LogP contribution in [0.5, 0.6) is 5.75 Å². The minimum atomic E-state index is -0.930. The molecule has 36 heavy (non-hydrogen) atoms. The Balaban J connectivity index is 1.28. The van der Waals surface area contributed by atoms with Gasteiger partial charge in [0.05, 0.1) is 24.0 Å². The molecule has 0 aliphatic carbocycles. The van der Waals surface area contributed by atoms with E-state index in [1.807, 2.05) is 62.5 Å². The summed E-state index contributed by atoms with van der Waals surface area (Å²) in [7, 11) is 0. The van der Waals surface area contributed by atoms with E-state index in [2.05, 4.69) is 28.1 Å². The van der Waals surface area contributed by atoms with Crippen LogP contribution < -0.4 is 4.74 Å². The van der Waals surface area contributed by atoms with Gasteiger partial charge in [-0.05, 0) is 73.7 Å². The van der Waals surface area contributed by atoms with Crippen molar-refractivity contribution >= 4 is 17.2 Å². The summed E-state index contributed by atoms with van der Waals surface area (Å²) in [6.45, 7) is 7.60. The van der Waals surface area contributed by atoms with Crippen molar-refractivity contribution in [1.82, 2.24) is 9.88 Å². The molecular weight excluding hydrogens is 472 g/mol. The molecule has 1 unspecified atom stereocenters. The molecule has 6 heteroatoms. The summed E-state index contributed by atoms with van der Waals surface area (Å²) in [4.78, 5) is 7.05. The van der Waals surface area contributed by atoms with Crippen molar-refractivity contribution in [3.63, 3.8) is 0 Å². The molecule has 0 bridgehead atoms. The predicted octanol–water partition coefficient (Wildman–Crippen LogP) is 5.97. The zero-order valence-electron chi connectivity index (χ0n) is 20.9. The van der Waals surface area contributed by atoms with Gasteiger partial charge >= 0.3 is 0 Å². The average Bonchev–Trinajstić information content (AvgIpc) is 3.26. The van der Waals surface area contributed by atoms with Crippen LogP contribution in [0.2, 0.25) is 5.02 Å². The summed E-state index contributed by atoms with van der Waals surface area (Å²) in [6.07, 6.45) is 6.30. The van der Waals surface area contributed by atoms with Gasteiger partial charge in [0.2, 0.25) is 0 Å². The van der Waals surface area contributed by atoms with Crippen molar-refractivity contribution in [2.75, 3.05) is 19.6 Å². The third-order valence-corrected chi connectivity index (χ3v) is 7.19. The van der Waals surface area contributed by atoms with Crippen LogP contribution in [0.1, 0.15) is 54.6 Å². The van der Waals surface area contributed by atoms with E-state index in [0.29, 0.717) is 13.2 Å². The number of ether oxygens (including phenoxy) is 2. The number of nitrogens with zero attached hydrogens (tertiary/aromatic N) is 2. The first-order chi connectivity index (χ1) is 17.4. The van der Waals surface area contributed by atoms with E-state index >= 15 is 0 Å². The highest BCUT2D eigenvalue weighted by atomic mass is 35.5. The van der Waals surface area contributed by atoms with Crippen LogP contribution in [0.15, 0.2) is 66.9 Å². The smallest absolute Gasteiger partial charge is 0.131 e. The Hall–Kier alpha value is -2.70. The molecule has 1 fully saturated rings. The van der Waals surface area contributed by atoms with Crippen molar-refractivity contribution in [2.45, 2.75) is 51.6 Å². The van der Waals surface area contributed by atoms with Crippen LogP contribution in [0, 0.1) is 0 Å². The lowest BCUT2D eigenvalue weighted by Crippen LogP contribution is -2.24. The second-order valence-corrected chi connectivity index (χ2v) is 10.5. The second kappa shape index (κ2) is 10.7. The summed E-state index contributed by atoms with van der Waals surface area (Å²) < 4.78 is 12.3. The Morgan fingerprint density at radius 2 is 2.00 bits per heavy atom. The number of aliphatic hydroxyl groups is 1. The number of hydrogen-bond donors (Lipinski definition) is 1. The summed E-state index contributed by atoms with van der Waals surface area (Å²) >= 11 is 5.98. The molecule has 1 saturated heterocycles. The van der Waals surface area contributed by atoms with E-state index in [0.717, 1.165) is 76.8 Å². The van der Waals surface area contributed by atoms with Gasteiger partial charge in [-0.15, -0.1) is 0 Å². The highest BCUT2D eigenvalue weighted by Gasteiger charge is 2.25. The lowest BCUT2D eigenvalue weighted by molar-refractivity contribution is 0.0468. The van der Waals surface area contributed by atoms with Crippen LogP contribution in [0.25, 0.3) is 5.57 Å². The Bertz CT molecular complexity index is 1230. The minimum Gasteiger partial charge on any atom is -0.487 e. The van der Waals surface area contributed by atoms with Crippen LogP contribution in [-0.2, 0) is 23.6 Å². The normalized spacial score (nSPS) is 19.0. The van der Waals surface area contributed by atoms with E-state index < -0.39 is 5.60 Å². The largest absolute Gasteiger partial charge is 0.487 e. The highest BCUT2D eigenvalue weighted by molar-refractivity contribution is 6.30. The summed E-state index contributed by atoms with van der Waals surface area (Å²) in [6, 6.07) is 17.9. The van der Waals surface area contributed by atoms with E-state index in [4.69, 9.17) is 21.1 Å². The first-order valence-corrected chi connectivity index (χ1v) is 13.0. The molecule has 1 aromatic heterocycles. The van der Waals surface area contributed by atoms with Crippen molar-refractivity contribution in [3.05, 3.63) is 99.8 Å². The van der Waals surface area contributed by atoms with Crippen molar-refractivity contribution in [3.8, 4) is 5.75 Å². The SMILES string of the molecule is CC(C)(O)c1ccc2c(c1)C(=CCCN1CCC(OCc3ccc(Cl)cc3)C1)c1cccnc1CO2. The fourth-order valence-corrected chi connectivity index (χ4v) is 5.00. The van der Waals surface area contributed by atoms with Crippen LogP contribution >= 0.6 is 11.6 Å². The molecule has 0 amide bonds. The molecular formula is C30H33ClN2O3. The van der Waals surface area contributed by atoms with Gasteiger partial charge in [0.1, 0.15) is 12.4 Å².